The molecule has 0 unspecified atom stereocenters. The smallest absolute Gasteiger partial charge is 0.119 e. The number of ether oxygens (including phenoxy) is 1. The third kappa shape index (κ3) is 5.60. The Balaban J connectivity index is 0.00000289. The van der Waals surface area contributed by atoms with Crippen LogP contribution in [0.1, 0.15) is 25.3 Å². The van der Waals surface area contributed by atoms with Crippen LogP contribution in [0.25, 0.3) is 0 Å². The molecule has 164 valence electrons. The molecule has 4 aromatic carbocycles. The van der Waals surface area contributed by atoms with Gasteiger partial charge in [0, 0.05) is 0 Å². The minimum Gasteiger partial charge on any atom is -1.00 e. The zero-order chi connectivity index (χ0) is 21.4. The van der Waals surface area contributed by atoms with Crippen molar-refractivity contribution in [3.63, 3.8) is 0 Å². The fourth-order valence-corrected chi connectivity index (χ4v) is 8.31. The van der Waals surface area contributed by atoms with E-state index in [1.54, 1.807) is 0 Å². The van der Waals surface area contributed by atoms with Crippen LogP contribution in [-0.2, 0) is 6.16 Å². The van der Waals surface area contributed by atoms with Crippen molar-refractivity contribution in [2.24, 2.45) is 0 Å². The van der Waals surface area contributed by atoms with Crippen molar-refractivity contribution in [1.82, 2.24) is 0 Å². The summed E-state index contributed by atoms with van der Waals surface area (Å²) in [5.41, 5.74) is 1.34. The van der Waals surface area contributed by atoms with Crippen LogP contribution in [0, 0.1) is 0 Å². The summed E-state index contributed by atoms with van der Waals surface area (Å²) in [7, 11) is -1.86. The van der Waals surface area contributed by atoms with Crippen molar-refractivity contribution in [3.05, 3.63) is 121 Å². The highest BCUT2D eigenvalue weighted by atomic mass is 127. The van der Waals surface area contributed by atoms with Gasteiger partial charge in [-0.1, -0.05) is 80.1 Å². The first-order chi connectivity index (χ1) is 15.3. The van der Waals surface area contributed by atoms with Gasteiger partial charge in [0.05, 0.1) is 12.8 Å². The average Bonchev–Trinajstić information content (AvgIpc) is 2.85. The van der Waals surface area contributed by atoms with Gasteiger partial charge in [-0.2, -0.15) is 0 Å². The fraction of sp³-hybridized carbons (Fsp3) is 0.172. The van der Waals surface area contributed by atoms with E-state index in [1.165, 1.54) is 21.5 Å². The molecule has 32 heavy (non-hydrogen) atoms. The van der Waals surface area contributed by atoms with Crippen LogP contribution in [0.5, 0.6) is 5.75 Å². The number of hydrogen-bond acceptors (Lipinski definition) is 1. The van der Waals surface area contributed by atoms with E-state index in [9.17, 15) is 0 Å². The molecular formula is C29H30IOP. The summed E-state index contributed by atoms with van der Waals surface area (Å²) >= 11 is 0. The lowest BCUT2D eigenvalue weighted by molar-refractivity contribution is -0.00000665. The summed E-state index contributed by atoms with van der Waals surface area (Å²) in [5, 5.41) is 4.24. The lowest BCUT2D eigenvalue weighted by Crippen LogP contribution is -3.00. The van der Waals surface area contributed by atoms with Gasteiger partial charge in [0.1, 0.15) is 28.9 Å². The van der Waals surface area contributed by atoms with Crippen molar-refractivity contribution in [2.75, 3.05) is 6.61 Å². The third-order valence-corrected chi connectivity index (χ3v) is 10.1. The minimum atomic E-state index is -1.86. The molecule has 0 spiro atoms. The van der Waals surface area contributed by atoms with E-state index in [0.717, 1.165) is 31.4 Å². The van der Waals surface area contributed by atoms with Crippen LogP contribution in [-0.4, -0.2) is 6.61 Å². The first-order valence-corrected chi connectivity index (χ1v) is 13.1. The number of unbranched alkanes of at least 4 members (excludes halogenated alkanes) is 1. The topological polar surface area (TPSA) is 9.23 Å². The van der Waals surface area contributed by atoms with Gasteiger partial charge in [-0.3, -0.25) is 0 Å². The number of rotatable bonds is 9. The first-order valence-electron chi connectivity index (χ1n) is 11.1. The highest BCUT2D eigenvalue weighted by Gasteiger charge is 2.45. The van der Waals surface area contributed by atoms with E-state index in [-0.39, 0.29) is 24.0 Å². The Bertz CT molecular complexity index is 954. The predicted octanol–water partition coefficient (Wildman–Crippen LogP) is 3.36. The molecule has 0 aromatic heterocycles. The lowest BCUT2D eigenvalue weighted by atomic mass is 10.2. The van der Waals surface area contributed by atoms with Gasteiger partial charge in [-0.15, -0.1) is 0 Å². The molecule has 0 aliphatic heterocycles. The normalized spacial score (nSPS) is 10.9. The summed E-state index contributed by atoms with van der Waals surface area (Å²) in [4.78, 5) is 0. The van der Waals surface area contributed by atoms with E-state index in [4.69, 9.17) is 4.74 Å². The van der Waals surface area contributed by atoms with Gasteiger partial charge in [0.25, 0.3) is 0 Å². The highest BCUT2D eigenvalue weighted by molar-refractivity contribution is 7.95. The molecule has 0 radical (unpaired) electrons. The zero-order valence-electron chi connectivity index (χ0n) is 18.5. The summed E-state index contributed by atoms with van der Waals surface area (Å²) in [6.45, 7) is 2.97. The van der Waals surface area contributed by atoms with E-state index in [2.05, 4.69) is 122 Å². The van der Waals surface area contributed by atoms with Gasteiger partial charge in [-0.25, -0.2) is 0 Å². The van der Waals surface area contributed by atoms with E-state index < -0.39 is 7.26 Å². The van der Waals surface area contributed by atoms with Crippen molar-refractivity contribution in [3.8, 4) is 5.75 Å². The van der Waals surface area contributed by atoms with Crippen LogP contribution in [0.4, 0.5) is 0 Å². The van der Waals surface area contributed by atoms with Gasteiger partial charge in [0.15, 0.2) is 0 Å². The number of benzene rings is 4. The Labute approximate surface area is 210 Å². The summed E-state index contributed by atoms with van der Waals surface area (Å²) < 4.78 is 5.89. The maximum atomic E-state index is 5.89. The molecule has 0 bridgehead atoms. The summed E-state index contributed by atoms with van der Waals surface area (Å²) in [5.74, 6) is 0.959. The quantitative estimate of drug-likeness (QED) is 0.176. The maximum Gasteiger partial charge on any atom is 0.119 e. The minimum absolute atomic E-state index is 0. The molecule has 0 saturated heterocycles. The van der Waals surface area contributed by atoms with Crippen LogP contribution in [0.3, 0.4) is 0 Å². The number of halogens is 1. The molecule has 4 rings (SSSR count). The molecule has 4 aromatic rings. The van der Waals surface area contributed by atoms with Crippen molar-refractivity contribution in [2.45, 2.75) is 25.9 Å². The van der Waals surface area contributed by atoms with Crippen LogP contribution in [0.2, 0.25) is 0 Å². The molecule has 0 aliphatic rings. The lowest BCUT2D eigenvalue weighted by Gasteiger charge is -2.28. The van der Waals surface area contributed by atoms with E-state index in [1.807, 2.05) is 0 Å². The molecular weight excluding hydrogens is 522 g/mol. The molecule has 0 N–H and O–H groups in total. The van der Waals surface area contributed by atoms with Crippen LogP contribution >= 0.6 is 7.26 Å². The average molecular weight is 552 g/mol. The monoisotopic (exact) mass is 552 g/mol. The fourth-order valence-electron chi connectivity index (χ4n) is 4.07. The standard InChI is InChI=1S/C29H30OP.HI/c1-2-3-23-30-26-21-19-25(20-22-26)24-31(27-13-7-4-8-14-27,28-15-9-5-10-16-28)29-17-11-6-12-18-29;/h4-22H,2-3,23-24H2,1H3;1H/q+1;/p-1. The maximum absolute atomic E-state index is 5.89. The zero-order valence-corrected chi connectivity index (χ0v) is 21.6. The Morgan fingerprint density at radius 3 is 1.44 bits per heavy atom. The van der Waals surface area contributed by atoms with Crippen molar-refractivity contribution < 1.29 is 28.7 Å². The molecule has 1 nitrogen and oxygen atoms in total. The molecule has 0 fully saturated rings. The Morgan fingerprint density at radius 1 is 0.594 bits per heavy atom. The van der Waals surface area contributed by atoms with E-state index >= 15 is 0 Å². The molecule has 0 aliphatic carbocycles. The Morgan fingerprint density at radius 2 is 1.03 bits per heavy atom. The molecule has 0 heterocycles. The SMILES string of the molecule is CCCCOc1ccc(C[P+](c2ccccc2)(c2ccccc2)c2ccccc2)cc1.[I-]. The second-order valence-electron chi connectivity index (χ2n) is 7.82. The van der Waals surface area contributed by atoms with Crippen molar-refractivity contribution >= 4 is 23.2 Å². The molecule has 0 saturated carbocycles. The van der Waals surface area contributed by atoms with Gasteiger partial charge < -0.3 is 28.7 Å². The van der Waals surface area contributed by atoms with Crippen LogP contribution in [0.15, 0.2) is 115 Å². The van der Waals surface area contributed by atoms with Crippen molar-refractivity contribution in [1.29, 1.82) is 0 Å². The number of hydrogen-bond donors (Lipinski definition) is 0. The van der Waals surface area contributed by atoms with Crippen LogP contribution < -0.4 is 44.6 Å². The Hall–Kier alpha value is -2.16. The molecule has 3 heteroatoms. The van der Waals surface area contributed by atoms with Gasteiger partial charge in [0.2, 0.25) is 0 Å². The second kappa shape index (κ2) is 12.2. The molecule has 0 atom stereocenters. The first kappa shape index (κ1) is 24.5. The second-order valence-corrected chi connectivity index (χ2v) is 11.3. The van der Waals surface area contributed by atoms with Gasteiger partial charge in [-0.05, 0) is 60.5 Å². The highest BCUT2D eigenvalue weighted by Crippen LogP contribution is 2.58. The summed E-state index contributed by atoms with van der Waals surface area (Å²) in [6.07, 6.45) is 3.23. The summed E-state index contributed by atoms with van der Waals surface area (Å²) in [6, 6.07) is 41.9. The Kier molecular flexibility index (Phi) is 9.32. The van der Waals surface area contributed by atoms with Gasteiger partial charge >= 0.3 is 0 Å². The molecule has 0 amide bonds. The predicted molar refractivity (Wildman–Crippen MR) is 136 cm³/mol. The third-order valence-electron chi connectivity index (χ3n) is 5.70. The largest absolute Gasteiger partial charge is 1.00 e. The van der Waals surface area contributed by atoms with E-state index in [0.29, 0.717) is 0 Å².